The average Bonchev–Trinajstić information content (AvgIpc) is 2.95. The lowest BCUT2D eigenvalue weighted by atomic mass is 9.92. The van der Waals surface area contributed by atoms with Crippen LogP contribution in [0, 0.1) is 0 Å². The summed E-state index contributed by atoms with van der Waals surface area (Å²) in [6.07, 6.45) is 1.70. The molecule has 1 fully saturated rings. The van der Waals surface area contributed by atoms with E-state index in [4.69, 9.17) is 0 Å². The second kappa shape index (κ2) is 5.78. The maximum Gasteiger partial charge on any atom is 0.321 e. The Morgan fingerprint density at radius 1 is 1.29 bits per heavy atom. The molecule has 21 heavy (non-hydrogen) atoms. The molecular weight excluding hydrogens is 264 g/mol. The number of nitrogens with zero attached hydrogens (tertiary/aromatic N) is 2. The minimum atomic E-state index is -0.687. The van der Waals surface area contributed by atoms with Crippen LogP contribution in [-0.2, 0) is 17.8 Å². The van der Waals surface area contributed by atoms with Crippen LogP contribution in [0.3, 0.4) is 0 Å². The number of hydrogen-bond donors (Lipinski definition) is 1. The third-order valence-corrected chi connectivity index (χ3v) is 4.96. The van der Waals surface area contributed by atoms with Crippen LogP contribution in [0.1, 0.15) is 31.4 Å². The Labute approximate surface area is 126 Å². The fraction of sp³-hybridized carbons (Fsp3) is 0.588. The van der Waals surface area contributed by atoms with Crippen molar-refractivity contribution in [1.29, 1.82) is 0 Å². The predicted octanol–water partition coefficient (Wildman–Crippen LogP) is 1.98. The van der Waals surface area contributed by atoms with Gasteiger partial charge in [0, 0.05) is 31.7 Å². The molecule has 2 aliphatic rings. The van der Waals surface area contributed by atoms with Crippen molar-refractivity contribution >= 4 is 5.97 Å². The van der Waals surface area contributed by atoms with Gasteiger partial charge in [-0.3, -0.25) is 14.6 Å². The molecule has 0 aliphatic carbocycles. The normalized spacial score (nSPS) is 27.0. The summed E-state index contributed by atoms with van der Waals surface area (Å²) in [4.78, 5) is 16.4. The van der Waals surface area contributed by atoms with E-state index in [-0.39, 0.29) is 6.04 Å². The molecule has 2 atom stereocenters. The molecule has 1 saturated heterocycles. The van der Waals surface area contributed by atoms with Gasteiger partial charge in [0.25, 0.3) is 0 Å². The monoisotopic (exact) mass is 288 g/mol. The van der Waals surface area contributed by atoms with E-state index in [0.717, 1.165) is 26.1 Å². The molecule has 1 aromatic rings. The van der Waals surface area contributed by atoms with E-state index in [1.165, 1.54) is 11.1 Å². The van der Waals surface area contributed by atoms with Crippen molar-refractivity contribution in [1.82, 2.24) is 9.80 Å². The summed E-state index contributed by atoms with van der Waals surface area (Å²) in [6, 6.07) is 8.78. The summed E-state index contributed by atoms with van der Waals surface area (Å²) < 4.78 is 0. The van der Waals surface area contributed by atoms with Crippen molar-refractivity contribution in [2.45, 2.75) is 51.4 Å². The average molecular weight is 288 g/mol. The maximum atomic E-state index is 11.7. The molecule has 114 valence electrons. The molecule has 0 spiro atoms. The van der Waals surface area contributed by atoms with Crippen molar-refractivity contribution in [3.8, 4) is 0 Å². The Hall–Kier alpha value is -1.39. The number of carboxylic acid groups (broad SMARTS) is 1. The third-order valence-electron chi connectivity index (χ3n) is 4.96. The van der Waals surface area contributed by atoms with Crippen LogP contribution in [0.15, 0.2) is 24.3 Å². The van der Waals surface area contributed by atoms with Gasteiger partial charge in [-0.15, -0.1) is 0 Å². The van der Waals surface area contributed by atoms with Gasteiger partial charge in [0.1, 0.15) is 6.04 Å². The standard InChI is InChI=1S/C17H24N2O2/c1-12(2)18-8-7-15(11-18)19-10-14-6-4-3-5-13(14)9-16(19)17(20)21/h3-6,12,15-16H,7-11H2,1-2H3,(H,20,21). The Morgan fingerprint density at radius 2 is 2.00 bits per heavy atom. The zero-order chi connectivity index (χ0) is 15.0. The molecule has 4 nitrogen and oxygen atoms in total. The Balaban J connectivity index is 1.82. The fourth-order valence-corrected chi connectivity index (χ4v) is 3.66. The molecule has 3 rings (SSSR count). The van der Waals surface area contributed by atoms with Crippen LogP contribution in [0.2, 0.25) is 0 Å². The SMILES string of the molecule is CC(C)N1CCC(N2Cc3ccccc3CC2C(=O)O)C1. The molecular formula is C17H24N2O2. The van der Waals surface area contributed by atoms with E-state index in [1.807, 2.05) is 12.1 Å². The molecule has 0 saturated carbocycles. The summed E-state index contributed by atoms with van der Waals surface area (Å²) in [7, 11) is 0. The molecule has 0 amide bonds. The van der Waals surface area contributed by atoms with Crippen molar-refractivity contribution in [2.75, 3.05) is 13.1 Å². The van der Waals surface area contributed by atoms with Crippen LogP contribution in [0.25, 0.3) is 0 Å². The number of aliphatic carboxylic acids is 1. The smallest absolute Gasteiger partial charge is 0.321 e. The third kappa shape index (κ3) is 2.83. The number of carbonyl (C=O) groups is 1. The summed E-state index contributed by atoms with van der Waals surface area (Å²) in [5.74, 6) is -0.687. The number of benzene rings is 1. The molecule has 0 aromatic heterocycles. The number of likely N-dealkylation sites (tertiary alicyclic amines) is 1. The maximum absolute atomic E-state index is 11.7. The minimum Gasteiger partial charge on any atom is -0.480 e. The van der Waals surface area contributed by atoms with Gasteiger partial charge in [0.05, 0.1) is 0 Å². The highest BCUT2D eigenvalue weighted by Crippen LogP contribution is 2.29. The molecule has 1 aromatic carbocycles. The van der Waals surface area contributed by atoms with Crippen molar-refractivity contribution in [3.05, 3.63) is 35.4 Å². The molecule has 2 aliphatic heterocycles. The van der Waals surface area contributed by atoms with Crippen molar-refractivity contribution < 1.29 is 9.90 Å². The first-order chi connectivity index (χ1) is 10.1. The number of carboxylic acids is 1. The van der Waals surface area contributed by atoms with Gasteiger partial charge < -0.3 is 5.11 Å². The van der Waals surface area contributed by atoms with Crippen molar-refractivity contribution in [3.63, 3.8) is 0 Å². The molecule has 1 N–H and O–H groups in total. The summed E-state index contributed by atoms with van der Waals surface area (Å²) in [5, 5.41) is 9.61. The van der Waals surface area contributed by atoms with E-state index in [2.05, 4.69) is 35.8 Å². The summed E-state index contributed by atoms with van der Waals surface area (Å²) >= 11 is 0. The van der Waals surface area contributed by atoms with Gasteiger partial charge in [-0.25, -0.2) is 0 Å². The van der Waals surface area contributed by atoms with E-state index in [1.54, 1.807) is 0 Å². The zero-order valence-corrected chi connectivity index (χ0v) is 12.8. The second-order valence-electron chi connectivity index (χ2n) is 6.53. The minimum absolute atomic E-state index is 0.363. The molecule has 0 radical (unpaired) electrons. The van der Waals surface area contributed by atoms with Crippen LogP contribution >= 0.6 is 0 Å². The van der Waals surface area contributed by atoms with Crippen LogP contribution < -0.4 is 0 Å². The Kier molecular flexibility index (Phi) is 4.00. The Morgan fingerprint density at radius 3 is 2.62 bits per heavy atom. The molecule has 2 heterocycles. The lowest BCUT2D eigenvalue weighted by Crippen LogP contribution is -2.51. The first-order valence-corrected chi connectivity index (χ1v) is 7.85. The van der Waals surface area contributed by atoms with E-state index >= 15 is 0 Å². The lowest BCUT2D eigenvalue weighted by Gasteiger charge is -2.38. The van der Waals surface area contributed by atoms with E-state index < -0.39 is 5.97 Å². The number of rotatable bonds is 3. The topological polar surface area (TPSA) is 43.8 Å². The van der Waals surface area contributed by atoms with Gasteiger partial charge in [0.2, 0.25) is 0 Å². The molecule has 4 heteroatoms. The lowest BCUT2D eigenvalue weighted by molar-refractivity contribution is -0.145. The van der Waals surface area contributed by atoms with Crippen LogP contribution in [0.5, 0.6) is 0 Å². The highest BCUT2D eigenvalue weighted by molar-refractivity contribution is 5.74. The van der Waals surface area contributed by atoms with Gasteiger partial charge in [-0.1, -0.05) is 24.3 Å². The fourth-order valence-electron chi connectivity index (χ4n) is 3.66. The quantitative estimate of drug-likeness (QED) is 0.923. The molecule has 0 bridgehead atoms. The number of fused-ring (bicyclic) bond motifs is 1. The predicted molar refractivity (Wildman–Crippen MR) is 82.2 cm³/mol. The molecule has 2 unspecified atom stereocenters. The van der Waals surface area contributed by atoms with E-state index in [9.17, 15) is 9.90 Å². The first kappa shape index (κ1) is 14.5. The summed E-state index contributed by atoms with van der Waals surface area (Å²) in [5.41, 5.74) is 2.48. The first-order valence-electron chi connectivity index (χ1n) is 7.85. The van der Waals surface area contributed by atoms with Crippen molar-refractivity contribution in [2.24, 2.45) is 0 Å². The van der Waals surface area contributed by atoms with E-state index in [0.29, 0.717) is 18.5 Å². The van der Waals surface area contributed by atoms with Gasteiger partial charge in [-0.2, -0.15) is 0 Å². The highest BCUT2D eigenvalue weighted by Gasteiger charge is 2.38. The Bertz CT molecular complexity index is 529. The van der Waals surface area contributed by atoms with Gasteiger partial charge in [-0.05, 0) is 37.8 Å². The highest BCUT2D eigenvalue weighted by atomic mass is 16.4. The van der Waals surface area contributed by atoms with Gasteiger partial charge >= 0.3 is 5.97 Å². The van der Waals surface area contributed by atoms with Crippen LogP contribution in [0.4, 0.5) is 0 Å². The second-order valence-corrected chi connectivity index (χ2v) is 6.53. The van der Waals surface area contributed by atoms with Gasteiger partial charge in [0.15, 0.2) is 0 Å². The summed E-state index contributed by atoms with van der Waals surface area (Å²) in [6.45, 7) is 7.26. The van der Waals surface area contributed by atoms with Crippen LogP contribution in [-0.4, -0.2) is 52.1 Å². The zero-order valence-electron chi connectivity index (χ0n) is 12.8. The number of hydrogen-bond acceptors (Lipinski definition) is 3. The largest absolute Gasteiger partial charge is 0.480 e.